The Labute approximate surface area is 152 Å². The quantitative estimate of drug-likeness (QED) is 0.737. The summed E-state index contributed by atoms with van der Waals surface area (Å²) in [7, 11) is 0. The van der Waals surface area contributed by atoms with Gasteiger partial charge in [-0.15, -0.1) is 0 Å². The molecule has 0 fully saturated rings. The Morgan fingerprint density at radius 3 is 2.72 bits per heavy atom. The first-order chi connectivity index (χ1) is 11.9. The summed E-state index contributed by atoms with van der Waals surface area (Å²) in [5, 5.41) is 14.3. The number of benzene rings is 1. The maximum Gasteiger partial charge on any atom is 0.347 e. The van der Waals surface area contributed by atoms with E-state index < -0.39 is 28.7 Å². The SMILES string of the molecule is CCCc1nn(Cc2ccc(Br)cc2F)c(=O)c(C(=O)OCC)c1O. The van der Waals surface area contributed by atoms with E-state index in [0.29, 0.717) is 17.3 Å². The Balaban J connectivity index is 2.56. The van der Waals surface area contributed by atoms with Crippen molar-refractivity contribution >= 4 is 21.9 Å². The van der Waals surface area contributed by atoms with Gasteiger partial charge in [0.05, 0.1) is 13.2 Å². The summed E-state index contributed by atoms with van der Waals surface area (Å²) in [6, 6.07) is 4.44. The molecule has 8 heteroatoms. The van der Waals surface area contributed by atoms with Gasteiger partial charge in [-0.3, -0.25) is 4.79 Å². The minimum absolute atomic E-state index is 0.0600. The highest BCUT2D eigenvalue weighted by Crippen LogP contribution is 2.21. The van der Waals surface area contributed by atoms with Gasteiger partial charge >= 0.3 is 5.97 Å². The molecule has 0 unspecified atom stereocenters. The van der Waals surface area contributed by atoms with E-state index in [1.54, 1.807) is 13.0 Å². The number of rotatable bonds is 6. The van der Waals surface area contributed by atoms with E-state index >= 15 is 0 Å². The number of carbonyl (C=O) groups excluding carboxylic acids is 1. The van der Waals surface area contributed by atoms with Crippen LogP contribution in [-0.2, 0) is 17.7 Å². The third-order valence-electron chi connectivity index (χ3n) is 3.50. The molecule has 0 aliphatic rings. The summed E-state index contributed by atoms with van der Waals surface area (Å²) in [6.07, 6.45) is 1.01. The summed E-state index contributed by atoms with van der Waals surface area (Å²) < 4.78 is 20.5. The van der Waals surface area contributed by atoms with E-state index in [-0.39, 0.29) is 24.4 Å². The van der Waals surface area contributed by atoms with Crippen molar-refractivity contribution in [1.82, 2.24) is 9.78 Å². The lowest BCUT2D eigenvalue weighted by Gasteiger charge is -2.13. The highest BCUT2D eigenvalue weighted by atomic mass is 79.9. The fourth-order valence-electron chi connectivity index (χ4n) is 2.32. The molecule has 0 spiro atoms. The Morgan fingerprint density at radius 1 is 1.40 bits per heavy atom. The summed E-state index contributed by atoms with van der Waals surface area (Å²) in [4.78, 5) is 24.6. The van der Waals surface area contributed by atoms with Crippen LogP contribution in [0.5, 0.6) is 5.75 Å². The van der Waals surface area contributed by atoms with E-state index in [4.69, 9.17) is 4.74 Å². The van der Waals surface area contributed by atoms with Gasteiger partial charge in [-0.1, -0.05) is 35.3 Å². The van der Waals surface area contributed by atoms with E-state index in [2.05, 4.69) is 21.0 Å². The molecule has 2 rings (SSSR count). The van der Waals surface area contributed by atoms with Gasteiger partial charge in [0.1, 0.15) is 11.5 Å². The maximum absolute atomic E-state index is 14.1. The van der Waals surface area contributed by atoms with E-state index in [0.717, 1.165) is 4.68 Å². The first kappa shape index (κ1) is 19.1. The third kappa shape index (κ3) is 4.25. The number of aromatic hydroxyl groups is 1. The van der Waals surface area contributed by atoms with E-state index in [9.17, 15) is 19.1 Å². The fourth-order valence-corrected chi connectivity index (χ4v) is 2.66. The Kier molecular flexibility index (Phi) is 6.30. The van der Waals surface area contributed by atoms with Crippen LogP contribution in [0.15, 0.2) is 27.5 Å². The van der Waals surface area contributed by atoms with Gasteiger partial charge in [0.25, 0.3) is 5.56 Å². The standard InChI is InChI=1S/C17H18BrFN2O4/c1-3-5-13-15(22)14(17(24)25-4-2)16(23)21(20-13)9-10-6-7-11(18)8-12(10)19/h6-8,22H,3-5,9H2,1-2H3. The van der Waals surface area contributed by atoms with Crippen LogP contribution in [0.4, 0.5) is 4.39 Å². The first-order valence-corrected chi connectivity index (χ1v) is 8.62. The smallest absolute Gasteiger partial charge is 0.347 e. The van der Waals surface area contributed by atoms with Crippen LogP contribution in [0.25, 0.3) is 0 Å². The minimum Gasteiger partial charge on any atom is -0.505 e. The van der Waals surface area contributed by atoms with Gasteiger partial charge in [-0.05, 0) is 25.5 Å². The Morgan fingerprint density at radius 2 is 2.12 bits per heavy atom. The summed E-state index contributed by atoms with van der Waals surface area (Å²) >= 11 is 3.17. The number of esters is 1. The van der Waals surface area contributed by atoms with Gasteiger partial charge in [-0.25, -0.2) is 13.9 Å². The predicted molar refractivity (Wildman–Crippen MR) is 93.3 cm³/mol. The summed E-state index contributed by atoms with van der Waals surface area (Å²) in [6.45, 7) is 3.36. The fraction of sp³-hybridized carbons (Fsp3) is 0.353. The molecule has 0 atom stereocenters. The van der Waals surface area contributed by atoms with Crippen LogP contribution in [-0.4, -0.2) is 27.5 Å². The number of aromatic nitrogens is 2. The molecule has 1 aromatic heterocycles. The van der Waals surface area contributed by atoms with Gasteiger partial charge in [0, 0.05) is 10.0 Å². The first-order valence-electron chi connectivity index (χ1n) is 7.83. The van der Waals surface area contributed by atoms with Gasteiger partial charge in [0.15, 0.2) is 11.3 Å². The monoisotopic (exact) mass is 412 g/mol. The second-order valence-corrected chi connectivity index (χ2v) is 6.25. The van der Waals surface area contributed by atoms with E-state index in [1.165, 1.54) is 12.1 Å². The normalized spacial score (nSPS) is 10.7. The number of hydrogen-bond donors (Lipinski definition) is 1. The highest BCUT2D eigenvalue weighted by Gasteiger charge is 2.24. The number of nitrogens with zero attached hydrogens (tertiary/aromatic N) is 2. The van der Waals surface area contributed by atoms with Gasteiger partial charge in [-0.2, -0.15) is 5.10 Å². The molecular formula is C17H18BrFN2O4. The van der Waals surface area contributed by atoms with Crippen LogP contribution < -0.4 is 5.56 Å². The topological polar surface area (TPSA) is 81.4 Å². The van der Waals surface area contributed by atoms with Crippen molar-refractivity contribution in [3.8, 4) is 5.75 Å². The number of hydrogen-bond acceptors (Lipinski definition) is 5. The van der Waals surface area contributed by atoms with Crippen molar-refractivity contribution in [2.24, 2.45) is 0 Å². The second kappa shape index (κ2) is 8.24. The molecular weight excluding hydrogens is 395 g/mol. The maximum atomic E-state index is 14.1. The molecule has 1 heterocycles. The van der Waals surface area contributed by atoms with Gasteiger partial charge in [0.2, 0.25) is 0 Å². The molecule has 0 aliphatic carbocycles. The molecule has 2 aromatic rings. The van der Waals surface area contributed by atoms with Crippen LogP contribution in [0.2, 0.25) is 0 Å². The van der Waals surface area contributed by atoms with Crippen LogP contribution in [0.3, 0.4) is 0 Å². The van der Waals surface area contributed by atoms with Crippen LogP contribution >= 0.6 is 15.9 Å². The molecule has 6 nitrogen and oxygen atoms in total. The Hall–Kier alpha value is -2.22. The average Bonchev–Trinajstić information content (AvgIpc) is 2.55. The third-order valence-corrected chi connectivity index (χ3v) is 3.99. The Bertz CT molecular complexity index is 851. The molecule has 0 radical (unpaired) electrons. The van der Waals surface area contributed by atoms with Crippen molar-refractivity contribution in [3.05, 3.63) is 55.7 Å². The van der Waals surface area contributed by atoms with Crippen molar-refractivity contribution < 1.29 is 19.0 Å². The van der Waals surface area contributed by atoms with Crippen molar-refractivity contribution in [1.29, 1.82) is 0 Å². The van der Waals surface area contributed by atoms with E-state index in [1.807, 2.05) is 6.92 Å². The number of carbonyl (C=O) groups is 1. The zero-order valence-corrected chi connectivity index (χ0v) is 15.5. The predicted octanol–water partition coefficient (Wildman–Crippen LogP) is 3.03. The van der Waals surface area contributed by atoms with Crippen molar-refractivity contribution in [3.63, 3.8) is 0 Å². The second-order valence-electron chi connectivity index (χ2n) is 5.34. The lowest BCUT2D eigenvalue weighted by atomic mass is 10.1. The largest absolute Gasteiger partial charge is 0.505 e. The van der Waals surface area contributed by atoms with Crippen molar-refractivity contribution in [2.45, 2.75) is 33.2 Å². The molecule has 1 aromatic carbocycles. The van der Waals surface area contributed by atoms with Crippen LogP contribution in [0.1, 0.15) is 41.9 Å². The van der Waals surface area contributed by atoms with Gasteiger partial charge < -0.3 is 9.84 Å². The van der Waals surface area contributed by atoms with Crippen LogP contribution in [0, 0.1) is 5.82 Å². The lowest BCUT2D eigenvalue weighted by molar-refractivity contribution is 0.0519. The molecule has 1 N–H and O–H groups in total. The molecule has 0 saturated heterocycles. The minimum atomic E-state index is -0.921. The zero-order valence-electron chi connectivity index (χ0n) is 13.9. The highest BCUT2D eigenvalue weighted by molar-refractivity contribution is 9.10. The summed E-state index contributed by atoms with van der Waals surface area (Å²) in [5.74, 6) is -1.90. The molecule has 134 valence electrons. The zero-order chi connectivity index (χ0) is 18.6. The molecule has 0 amide bonds. The molecule has 25 heavy (non-hydrogen) atoms. The number of ether oxygens (including phenoxy) is 1. The molecule has 0 bridgehead atoms. The summed E-state index contributed by atoms with van der Waals surface area (Å²) in [5.41, 5.74) is -0.862. The van der Waals surface area contributed by atoms with Crippen molar-refractivity contribution in [2.75, 3.05) is 6.61 Å². The number of halogens is 2. The molecule has 0 saturated carbocycles. The number of aryl methyl sites for hydroxylation is 1. The lowest BCUT2D eigenvalue weighted by Crippen LogP contribution is -2.31. The average molecular weight is 413 g/mol. The molecule has 0 aliphatic heterocycles.